The van der Waals surface area contributed by atoms with E-state index in [0.717, 1.165) is 45.8 Å². The molecule has 2 nitrogen and oxygen atoms in total. The first-order valence-electron chi connectivity index (χ1n) is 8.46. The quantitative estimate of drug-likeness (QED) is 0.568. The van der Waals surface area contributed by atoms with Crippen molar-refractivity contribution < 1.29 is 4.39 Å². The molecule has 0 radical (unpaired) electrons. The molecule has 0 spiro atoms. The summed E-state index contributed by atoms with van der Waals surface area (Å²) >= 11 is 6.29. The Morgan fingerprint density at radius 2 is 2.08 bits per heavy atom. The largest absolute Gasteiger partial charge is 0.338 e. The van der Waals surface area contributed by atoms with E-state index in [1.54, 1.807) is 6.08 Å². The van der Waals surface area contributed by atoms with E-state index in [-0.39, 0.29) is 5.83 Å². The van der Waals surface area contributed by atoms with Crippen LogP contribution < -0.4 is 0 Å². The van der Waals surface area contributed by atoms with Gasteiger partial charge in [0.25, 0.3) is 0 Å². The Balaban J connectivity index is 1.59. The number of nitrogens with zero attached hydrogens (tertiary/aromatic N) is 1. The van der Waals surface area contributed by atoms with Gasteiger partial charge in [-0.3, -0.25) is 0 Å². The van der Waals surface area contributed by atoms with Crippen molar-refractivity contribution in [3.8, 4) is 11.1 Å². The standard InChI is InChI=1S/C21H18ClFN2/c22-18-4-2-1-3-17(18)15-8-11-19-20(13-15)25-21(24-19)12-7-14-5-9-16(23)10-6-14/h1-4,7-9,11-14H,5-6,10H2,(H,24,25). The Morgan fingerprint density at radius 1 is 1.20 bits per heavy atom. The topological polar surface area (TPSA) is 28.7 Å². The van der Waals surface area contributed by atoms with E-state index < -0.39 is 0 Å². The third kappa shape index (κ3) is 3.52. The highest BCUT2D eigenvalue weighted by Gasteiger charge is 2.12. The lowest BCUT2D eigenvalue weighted by Gasteiger charge is -2.14. The highest BCUT2D eigenvalue weighted by Crippen LogP contribution is 2.30. The van der Waals surface area contributed by atoms with Crippen molar-refractivity contribution in [3.05, 3.63) is 71.3 Å². The molecule has 2 aromatic carbocycles. The number of halogens is 2. The number of allylic oxidation sites excluding steroid dienone is 3. The number of rotatable bonds is 3. The zero-order valence-corrected chi connectivity index (χ0v) is 14.4. The molecule has 1 atom stereocenters. The Kier molecular flexibility index (Phi) is 4.41. The summed E-state index contributed by atoms with van der Waals surface area (Å²) in [5.41, 5.74) is 3.95. The Bertz CT molecular complexity index is 971. The molecule has 25 heavy (non-hydrogen) atoms. The molecule has 3 aromatic rings. The van der Waals surface area contributed by atoms with Crippen LogP contribution in [0.15, 0.2) is 60.4 Å². The van der Waals surface area contributed by atoms with Gasteiger partial charge in [-0.25, -0.2) is 9.37 Å². The molecule has 1 N–H and O–H groups in total. The number of fused-ring (bicyclic) bond motifs is 1. The average molecular weight is 353 g/mol. The van der Waals surface area contributed by atoms with Crippen LogP contribution >= 0.6 is 11.6 Å². The van der Waals surface area contributed by atoms with Gasteiger partial charge in [0.15, 0.2) is 0 Å². The van der Waals surface area contributed by atoms with Gasteiger partial charge in [0.05, 0.1) is 16.9 Å². The predicted octanol–water partition coefficient (Wildman–Crippen LogP) is 6.55. The SMILES string of the molecule is FC1=CCC(C=Cc2nc3cc(-c4ccccc4Cl)ccc3[nH]2)CC1. The fraction of sp³-hybridized carbons (Fsp3) is 0.190. The van der Waals surface area contributed by atoms with Gasteiger partial charge in [-0.1, -0.05) is 48.0 Å². The lowest BCUT2D eigenvalue weighted by molar-refractivity contribution is 0.481. The summed E-state index contributed by atoms with van der Waals surface area (Å²) in [6.45, 7) is 0. The Morgan fingerprint density at radius 3 is 2.88 bits per heavy atom. The normalized spacial score (nSPS) is 18.0. The Hall–Kier alpha value is -2.39. The van der Waals surface area contributed by atoms with Crippen LogP contribution in [0.2, 0.25) is 5.02 Å². The second-order valence-electron chi connectivity index (χ2n) is 6.38. The van der Waals surface area contributed by atoms with Crippen LogP contribution in [0.5, 0.6) is 0 Å². The summed E-state index contributed by atoms with van der Waals surface area (Å²) in [6, 6.07) is 13.9. The van der Waals surface area contributed by atoms with Gasteiger partial charge in [0, 0.05) is 10.6 Å². The van der Waals surface area contributed by atoms with E-state index in [9.17, 15) is 4.39 Å². The Labute approximate surface area is 151 Å². The number of benzene rings is 2. The highest BCUT2D eigenvalue weighted by atomic mass is 35.5. The maximum atomic E-state index is 13.1. The molecule has 4 rings (SSSR count). The van der Waals surface area contributed by atoms with Gasteiger partial charge in [0.2, 0.25) is 0 Å². The minimum Gasteiger partial charge on any atom is -0.338 e. The van der Waals surface area contributed by atoms with Crippen LogP contribution in [0, 0.1) is 5.92 Å². The minimum absolute atomic E-state index is 0.0143. The molecule has 1 aromatic heterocycles. The molecule has 126 valence electrons. The lowest BCUT2D eigenvalue weighted by atomic mass is 9.93. The van der Waals surface area contributed by atoms with Gasteiger partial charge in [-0.2, -0.15) is 0 Å². The van der Waals surface area contributed by atoms with Crippen LogP contribution in [0.1, 0.15) is 25.1 Å². The maximum Gasteiger partial charge on any atom is 0.130 e. The van der Waals surface area contributed by atoms with Gasteiger partial charge in [-0.05, 0) is 55.0 Å². The van der Waals surface area contributed by atoms with Crippen molar-refractivity contribution >= 4 is 28.7 Å². The molecule has 0 fully saturated rings. The summed E-state index contributed by atoms with van der Waals surface area (Å²) in [5.74, 6) is 1.22. The van der Waals surface area contributed by atoms with Gasteiger partial charge in [0.1, 0.15) is 5.82 Å². The van der Waals surface area contributed by atoms with Crippen molar-refractivity contribution in [3.63, 3.8) is 0 Å². The second-order valence-corrected chi connectivity index (χ2v) is 6.79. The fourth-order valence-corrected chi connectivity index (χ4v) is 3.44. The first-order chi connectivity index (χ1) is 12.2. The average Bonchev–Trinajstić information content (AvgIpc) is 3.04. The van der Waals surface area contributed by atoms with E-state index in [4.69, 9.17) is 11.6 Å². The number of H-pyrrole nitrogens is 1. The summed E-state index contributed by atoms with van der Waals surface area (Å²) < 4.78 is 13.1. The lowest BCUT2D eigenvalue weighted by Crippen LogP contribution is -2.00. The predicted molar refractivity (Wildman–Crippen MR) is 102 cm³/mol. The fourth-order valence-electron chi connectivity index (χ4n) is 3.19. The minimum atomic E-state index is 0.0143. The molecule has 1 heterocycles. The van der Waals surface area contributed by atoms with E-state index in [2.05, 4.69) is 16.0 Å². The summed E-state index contributed by atoms with van der Waals surface area (Å²) in [4.78, 5) is 7.97. The second kappa shape index (κ2) is 6.85. The van der Waals surface area contributed by atoms with Crippen LogP contribution in [-0.4, -0.2) is 9.97 Å². The van der Waals surface area contributed by atoms with Gasteiger partial charge in [-0.15, -0.1) is 0 Å². The zero-order chi connectivity index (χ0) is 17.2. The van der Waals surface area contributed by atoms with Gasteiger partial charge >= 0.3 is 0 Å². The number of nitrogens with one attached hydrogen (secondary N) is 1. The molecule has 1 aliphatic carbocycles. The van der Waals surface area contributed by atoms with Crippen molar-refractivity contribution in [1.29, 1.82) is 0 Å². The molecule has 0 saturated heterocycles. The molecule has 4 heteroatoms. The summed E-state index contributed by atoms with van der Waals surface area (Å²) in [6.07, 6.45) is 7.96. The van der Waals surface area contributed by atoms with E-state index in [1.807, 2.05) is 48.5 Å². The number of hydrogen-bond donors (Lipinski definition) is 1. The molecule has 0 bridgehead atoms. The summed E-state index contributed by atoms with van der Waals surface area (Å²) in [7, 11) is 0. The van der Waals surface area contributed by atoms with Crippen molar-refractivity contribution in [2.75, 3.05) is 0 Å². The van der Waals surface area contributed by atoms with Crippen LogP contribution in [0.4, 0.5) is 4.39 Å². The van der Waals surface area contributed by atoms with Crippen molar-refractivity contribution in [1.82, 2.24) is 9.97 Å². The van der Waals surface area contributed by atoms with E-state index >= 15 is 0 Å². The van der Waals surface area contributed by atoms with Crippen molar-refractivity contribution in [2.45, 2.75) is 19.3 Å². The van der Waals surface area contributed by atoms with Crippen molar-refractivity contribution in [2.24, 2.45) is 5.92 Å². The molecule has 1 aliphatic rings. The number of aromatic nitrogens is 2. The number of hydrogen-bond acceptors (Lipinski definition) is 1. The smallest absolute Gasteiger partial charge is 0.130 e. The van der Waals surface area contributed by atoms with E-state index in [0.29, 0.717) is 12.3 Å². The highest BCUT2D eigenvalue weighted by molar-refractivity contribution is 6.33. The molecule has 0 aliphatic heterocycles. The third-order valence-electron chi connectivity index (χ3n) is 4.61. The van der Waals surface area contributed by atoms with E-state index in [1.165, 1.54) is 0 Å². The number of aromatic amines is 1. The maximum absolute atomic E-state index is 13.1. The molecule has 1 unspecified atom stereocenters. The van der Waals surface area contributed by atoms with Gasteiger partial charge < -0.3 is 4.98 Å². The summed E-state index contributed by atoms with van der Waals surface area (Å²) in [5, 5.41) is 0.732. The zero-order valence-electron chi connectivity index (χ0n) is 13.7. The van der Waals surface area contributed by atoms with Crippen LogP contribution in [0.25, 0.3) is 28.2 Å². The van der Waals surface area contributed by atoms with Crippen LogP contribution in [-0.2, 0) is 0 Å². The molecule has 0 saturated carbocycles. The third-order valence-corrected chi connectivity index (χ3v) is 4.94. The first kappa shape index (κ1) is 16.1. The molecule has 0 amide bonds. The number of imidazole rings is 1. The van der Waals surface area contributed by atoms with Crippen LogP contribution in [0.3, 0.4) is 0 Å². The molecular weight excluding hydrogens is 335 g/mol. The first-order valence-corrected chi connectivity index (χ1v) is 8.84. The molecular formula is C21H18ClFN2. The monoisotopic (exact) mass is 352 g/mol.